The lowest BCUT2D eigenvalue weighted by Crippen LogP contribution is -2.28. The van der Waals surface area contributed by atoms with E-state index in [1.165, 1.54) is 0 Å². The highest BCUT2D eigenvalue weighted by atomic mass is 33.1. The lowest BCUT2D eigenvalue weighted by atomic mass is 10.1. The Labute approximate surface area is 158 Å². The highest BCUT2D eigenvalue weighted by molar-refractivity contribution is 8.76. The van der Waals surface area contributed by atoms with Crippen molar-refractivity contribution in [2.24, 2.45) is 17.8 Å². The number of ether oxygens (including phenoxy) is 2. The molecule has 1 saturated carbocycles. The summed E-state index contributed by atoms with van der Waals surface area (Å²) in [5, 5.41) is 11.4. The van der Waals surface area contributed by atoms with Crippen molar-refractivity contribution < 1.29 is 19.4 Å². The maximum Gasteiger partial charge on any atom is 0.407 e. The summed E-state index contributed by atoms with van der Waals surface area (Å²) >= 11 is 0. The fourth-order valence-electron chi connectivity index (χ4n) is 3.21. The fraction of sp³-hybridized carbons (Fsp3) is 0.833. The van der Waals surface area contributed by atoms with E-state index in [2.05, 4.69) is 17.2 Å². The van der Waals surface area contributed by atoms with Gasteiger partial charge in [0.2, 0.25) is 0 Å². The highest BCUT2D eigenvalue weighted by Gasteiger charge is 2.49. The maximum atomic E-state index is 11.7. The molecule has 2 aliphatic rings. The Morgan fingerprint density at radius 3 is 2.56 bits per heavy atom. The van der Waals surface area contributed by atoms with Crippen LogP contribution in [0.3, 0.4) is 0 Å². The minimum Gasteiger partial charge on any atom is -0.449 e. The van der Waals surface area contributed by atoms with Gasteiger partial charge in [-0.1, -0.05) is 21.6 Å². The summed E-state index contributed by atoms with van der Waals surface area (Å²) in [5.74, 6) is 10.1. The third-order valence-electron chi connectivity index (χ3n) is 4.54. The molecule has 0 bridgehead atoms. The van der Waals surface area contributed by atoms with Crippen LogP contribution in [0.4, 0.5) is 4.79 Å². The Morgan fingerprint density at radius 2 is 1.84 bits per heavy atom. The molecule has 1 fully saturated rings. The van der Waals surface area contributed by atoms with Crippen LogP contribution < -0.4 is 5.32 Å². The molecule has 0 aromatic heterocycles. The number of aliphatic hydroxyl groups excluding tert-OH is 1. The molecule has 5 nitrogen and oxygen atoms in total. The molecule has 0 aromatic rings. The molecule has 0 aliphatic heterocycles. The predicted octanol–water partition coefficient (Wildman–Crippen LogP) is 2.93. The lowest BCUT2D eigenvalue weighted by Gasteiger charge is -2.07. The Morgan fingerprint density at radius 1 is 1.12 bits per heavy atom. The molecule has 0 radical (unpaired) electrons. The van der Waals surface area contributed by atoms with Crippen molar-refractivity contribution in [3.05, 3.63) is 0 Å². The number of hydrogen-bond donors (Lipinski definition) is 2. The van der Waals surface area contributed by atoms with Gasteiger partial charge in [-0.25, -0.2) is 4.79 Å². The number of rotatable bonds is 12. The fourth-order valence-corrected chi connectivity index (χ4v) is 5.04. The first-order chi connectivity index (χ1) is 12.3. The minimum atomic E-state index is -0.338. The van der Waals surface area contributed by atoms with E-state index < -0.39 is 0 Å². The van der Waals surface area contributed by atoms with Crippen molar-refractivity contribution in [2.45, 2.75) is 32.1 Å². The smallest absolute Gasteiger partial charge is 0.407 e. The van der Waals surface area contributed by atoms with Crippen LogP contribution in [0.25, 0.3) is 0 Å². The van der Waals surface area contributed by atoms with E-state index in [9.17, 15) is 4.79 Å². The topological polar surface area (TPSA) is 67.8 Å². The van der Waals surface area contributed by atoms with Gasteiger partial charge in [-0.05, 0) is 37.0 Å². The van der Waals surface area contributed by atoms with Crippen LogP contribution in [0.1, 0.15) is 32.1 Å². The van der Waals surface area contributed by atoms with Gasteiger partial charge >= 0.3 is 6.09 Å². The summed E-state index contributed by atoms with van der Waals surface area (Å²) in [4.78, 5) is 11.7. The average molecular weight is 388 g/mol. The molecule has 2 N–H and O–H groups in total. The van der Waals surface area contributed by atoms with Crippen LogP contribution >= 0.6 is 21.6 Å². The van der Waals surface area contributed by atoms with Gasteiger partial charge in [0.15, 0.2) is 0 Å². The van der Waals surface area contributed by atoms with Crippen LogP contribution in [0, 0.1) is 29.6 Å². The normalized spacial score (nSPS) is 24.3. The largest absolute Gasteiger partial charge is 0.449 e. The molecule has 0 saturated heterocycles. The molecule has 0 aromatic carbocycles. The van der Waals surface area contributed by atoms with Gasteiger partial charge in [0.25, 0.3) is 0 Å². The Kier molecular flexibility index (Phi) is 10.6. The van der Waals surface area contributed by atoms with Gasteiger partial charge in [-0.2, -0.15) is 0 Å². The standard InChI is InChI=1S/C18H29NO4S2/c20-9-13-25-24-12-5-10-22-11-8-19-18(21)23-14-17-15-6-3-1-2-4-7-16(15)17/h15-17,20H,3-14H2,(H,19,21). The highest BCUT2D eigenvalue weighted by Crippen LogP contribution is 2.52. The van der Waals surface area contributed by atoms with Crippen molar-refractivity contribution in [3.63, 3.8) is 0 Å². The number of carbonyl (C=O) groups excluding carboxylic acids is 1. The molecule has 1 amide bonds. The third-order valence-corrected chi connectivity index (χ3v) is 7.01. The van der Waals surface area contributed by atoms with E-state index in [0.29, 0.717) is 44.1 Å². The second kappa shape index (κ2) is 12.7. The van der Waals surface area contributed by atoms with E-state index in [1.807, 2.05) is 0 Å². The summed E-state index contributed by atoms with van der Waals surface area (Å²) < 4.78 is 10.8. The number of alkyl carbamates (subject to hydrolysis) is 1. The third kappa shape index (κ3) is 8.59. The summed E-state index contributed by atoms with van der Waals surface area (Å²) in [5.41, 5.74) is 0. The molecule has 0 heterocycles. The minimum absolute atomic E-state index is 0.229. The van der Waals surface area contributed by atoms with Crippen LogP contribution in [0.15, 0.2) is 0 Å². The molecule has 7 heteroatoms. The van der Waals surface area contributed by atoms with Crippen molar-refractivity contribution in [3.8, 4) is 11.8 Å². The summed E-state index contributed by atoms with van der Waals surface area (Å²) in [6.45, 7) is 2.44. The maximum absolute atomic E-state index is 11.7. The second-order valence-corrected chi connectivity index (χ2v) is 8.98. The van der Waals surface area contributed by atoms with Crippen LogP contribution in [0.5, 0.6) is 0 Å². The number of amides is 1. The SMILES string of the molecule is O=C(NCCOCCCSSCCO)OCC1C2CCC#CCCC21. The van der Waals surface area contributed by atoms with E-state index in [-0.39, 0.29) is 12.7 Å². The number of nitrogens with one attached hydrogen (secondary N) is 1. The molecular weight excluding hydrogens is 358 g/mol. The van der Waals surface area contributed by atoms with Gasteiger partial charge in [0, 0.05) is 37.5 Å². The zero-order chi connectivity index (χ0) is 17.7. The zero-order valence-corrected chi connectivity index (χ0v) is 16.3. The van der Waals surface area contributed by atoms with Gasteiger partial charge in [0.1, 0.15) is 0 Å². The molecule has 142 valence electrons. The summed E-state index contributed by atoms with van der Waals surface area (Å²) in [6, 6.07) is 0. The first-order valence-electron chi connectivity index (χ1n) is 9.12. The van der Waals surface area contributed by atoms with Crippen LogP contribution in [0.2, 0.25) is 0 Å². The Bertz CT molecular complexity index is 434. The summed E-state index contributed by atoms with van der Waals surface area (Å²) in [6.07, 6.45) is 4.91. The van der Waals surface area contributed by atoms with Gasteiger partial charge in [-0.3, -0.25) is 0 Å². The second-order valence-electron chi connectivity index (χ2n) is 6.28. The van der Waals surface area contributed by atoms with Crippen molar-refractivity contribution >= 4 is 27.7 Å². The van der Waals surface area contributed by atoms with E-state index in [1.54, 1.807) is 21.6 Å². The number of fused-ring (bicyclic) bond motifs is 1. The number of carbonyl (C=O) groups is 1. The number of aliphatic hydroxyl groups is 1. The summed E-state index contributed by atoms with van der Waals surface area (Å²) in [7, 11) is 3.43. The van der Waals surface area contributed by atoms with Crippen molar-refractivity contribution in [1.82, 2.24) is 5.32 Å². The van der Waals surface area contributed by atoms with Gasteiger partial charge < -0.3 is 19.9 Å². The molecule has 2 unspecified atom stereocenters. The van der Waals surface area contributed by atoms with Gasteiger partial charge in [-0.15, -0.1) is 11.8 Å². The van der Waals surface area contributed by atoms with Crippen LogP contribution in [-0.4, -0.2) is 55.7 Å². The predicted molar refractivity (Wildman–Crippen MR) is 104 cm³/mol. The lowest BCUT2D eigenvalue weighted by molar-refractivity contribution is 0.119. The Balaban J connectivity index is 1.38. The monoisotopic (exact) mass is 387 g/mol. The molecule has 2 rings (SSSR count). The van der Waals surface area contributed by atoms with Gasteiger partial charge in [0.05, 0.1) is 19.8 Å². The molecule has 25 heavy (non-hydrogen) atoms. The number of hydrogen-bond acceptors (Lipinski definition) is 6. The van der Waals surface area contributed by atoms with E-state index in [0.717, 1.165) is 43.6 Å². The van der Waals surface area contributed by atoms with Crippen molar-refractivity contribution in [1.29, 1.82) is 0 Å². The molecule has 0 spiro atoms. The quantitative estimate of drug-likeness (QED) is 0.305. The van der Waals surface area contributed by atoms with Crippen molar-refractivity contribution in [2.75, 3.05) is 44.5 Å². The molecule has 2 atom stereocenters. The zero-order valence-electron chi connectivity index (χ0n) is 14.7. The first kappa shape index (κ1) is 20.8. The Hall–Kier alpha value is -0.550. The van der Waals surface area contributed by atoms with E-state index >= 15 is 0 Å². The molecular formula is C18H29NO4S2. The van der Waals surface area contributed by atoms with Crippen LogP contribution in [-0.2, 0) is 9.47 Å². The first-order valence-corrected chi connectivity index (χ1v) is 11.6. The molecule has 2 aliphatic carbocycles. The van der Waals surface area contributed by atoms with E-state index in [4.69, 9.17) is 14.6 Å². The average Bonchev–Trinajstić information content (AvgIpc) is 3.24.